The van der Waals surface area contributed by atoms with Gasteiger partial charge in [-0.25, -0.2) is 4.98 Å². The maximum Gasteiger partial charge on any atom is 0.319 e. The summed E-state index contributed by atoms with van der Waals surface area (Å²) in [5.41, 5.74) is 5.61. The molecule has 0 aromatic carbocycles. The lowest BCUT2D eigenvalue weighted by molar-refractivity contribution is -0.123. The number of nitrogens with two attached hydrogens (primary N) is 1. The highest BCUT2D eigenvalue weighted by molar-refractivity contribution is 5.81. The zero-order valence-electron chi connectivity index (χ0n) is 9.73. The smallest absolute Gasteiger partial charge is 0.319 e. The first-order valence-electron chi connectivity index (χ1n) is 5.26. The molecule has 0 bridgehead atoms. The molecule has 0 saturated carbocycles. The monoisotopic (exact) mass is 246 g/mol. The maximum absolute atomic E-state index is 12.5. The van der Waals surface area contributed by atoms with Gasteiger partial charge in [0, 0.05) is 12.4 Å². The van der Waals surface area contributed by atoms with Crippen molar-refractivity contribution in [3.05, 3.63) is 18.2 Å². The van der Waals surface area contributed by atoms with E-state index in [1.54, 1.807) is 0 Å². The first kappa shape index (κ1) is 13.6. The minimum atomic E-state index is -2.66. The number of carbonyl (C=O) groups is 1. The van der Waals surface area contributed by atoms with Crippen molar-refractivity contribution in [2.24, 2.45) is 11.7 Å². The number of rotatable bonds is 5. The molecule has 7 heteroatoms. The van der Waals surface area contributed by atoms with Crippen LogP contribution in [-0.4, -0.2) is 21.5 Å². The Morgan fingerprint density at radius 1 is 1.59 bits per heavy atom. The number of alkyl halides is 2. The van der Waals surface area contributed by atoms with Gasteiger partial charge in [0.05, 0.1) is 12.6 Å². The molecule has 0 unspecified atom stereocenters. The molecule has 0 radical (unpaired) electrons. The van der Waals surface area contributed by atoms with Crippen LogP contribution in [0.4, 0.5) is 8.78 Å². The van der Waals surface area contributed by atoms with Gasteiger partial charge < -0.3 is 11.1 Å². The molecular formula is C10H16F2N4O. The highest BCUT2D eigenvalue weighted by Crippen LogP contribution is 2.12. The van der Waals surface area contributed by atoms with Crippen LogP contribution in [0.25, 0.3) is 0 Å². The second-order valence-corrected chi connectivity index (χ2v) is 4.02. The third kappa shape index (κ3) is 3.48. The molecule has 0 spiro atoms. The van der Waals surface area contributed by atoms with Crippen molar-refractivity contribution < 1.29 is 13.6 Å². The van der Waals surface area contributed by atoms with Crippen LogP contribution in [0.2, 0.25) is 0 Å². The largest absolute Gasteiger partial charge is 0.348 e. The summed E-state index contributed by atoms with van der Waals surface area (Å²) in [6.45, 7) is 0.897. The number of nitrogens with one attached hydrogen (secondary N) is 1. The Hall–Kier alpha value is -1.50. The zero-order valence-corrected chi connectivity index (χ0v) is 9.73. The van der Waals surface area contributed by atoms with Gasteiger partial charge in [-0.2, -0.15) is 8.78 Å². The van der Waals surface area contributed by atoms with E-state index in [0.717, 1.165) is 6.20 Å². The third-order valence-electron chi connectivity index (χ3n) is 2.40. The van der Waals surface area contributed by atoms with E-state index in [-0.39, 0.29) is 24.2 Å². The number of aromatic nitrogens is 2. The first-order valence-corrected chi connectivity index (χ1v) is 5.26. The fraction of sp³-hybridized carbons (Fsp3) is 0.600. The highest BCUT2D eigenvalue weighted by Gasteiger charge is 2.18. The topological polar surface area (TPSA) is 72.9 Å². The van der Waals surface area contributed by atoms with Crippen molar-refractivity contribution in [1.82, 2.24) is 14.9 Å². The van der Waals surface area contributed by atoms with Crippen LogP contribution in [0, 0.1) is 5.92 Å². The molecule has 0 fully saturated rings. The van der Waals surface area contributed by atoms with E-state index in [0.29, 0.717) is 4.57 Å². The third-order valence-corrected chi connectivity index (χ3v) is 2.40. The molecule has 0 aliphatic rings. The number of carbonyl (C=O) groups excluding carboxylic acids is 1. The average Bonchev–Trinajstić information content (AvgIpc) is 2.72. The van der Waals surface area contributed by atoms with Gasteiger partial charge in [-0.05, 0) is 5.92 Å². The summed E-state index contributed by atoms with van der Waals surface area (Å²) in [6, 6.07) is -0.648. The molecular weight excluding hydrogens is 230 g/mol. The van der Waals surface area contributed by atoms with Crippen molar-refractivity contribution in [2.45, 2.75) is 33.0 Å². The summed E-state index contributed by atoms with van der Waals surface area (Å²) in [5.74, 6) is -0.280. The summed E-state index contributed by atoms with van der Waals surface area (Å²) >= 11 is 0. The Bertz CT molecular complexity index is 378. The number of hydrogen-bond donors (Lipinski definition) is 2. The Kier molecular flexibility index (Phi) is 4.56. The molecule has 1 heterocycles. The number of hydrogen-bond acceptors (Lipinski definition) is 3. The quantitative estimate of drug-likeness (QED) is 0.810. The predicted molar refractivity (Wildman–Crippen MR) is 58.1 cm³/mol. The SMILES string of the molecule is CC(C)[C@H](N)C(=O)NCc1nccn1C(F)F. The molecule has 1 rings (SSSR count). The molecule has 5 nitrogen and oxygen atoms in total. The van der Waals surface area contributed by atoms with Crippen molar-refractivity contribution >= 4 is 5.91 Å². The lowest BCUT2D eigenvalue weighted by Gasteiger charge is -2.15. The minimum absolute atomic E-state index is 0.00940. The fourth-order valence-corrected chi connectivity index (χ4v) is 1.25. The maximum atomic E-state index is 12.5. The van der Waals surface area contributed by atoms with Gasteiger partial charge >= 0.3 is 6.55 Å². The van der Waals surface area contributed by atoms with Gasteiger partial charge in [0.2, 0.25) is 5.91 Å². The van der Waals surface area contributed by atoms with Crippen LogP contribution in [0.5, 0.6) is 0 Å². The van der Waals surface area contributed by atoms with Gasteiger partial charge in [0.25, 0.3) is 0 Å². The molecule has 1 atom stereocenters. The number of amides is 1. The first-order chi connectivity index (χ1) is 7.93. The molecule has 0 aliphatic carbocycles. The van der Waals surface area contributed by atoms with E-state index in [4.69, 9.17) is 5.73 Å². The summed E-state index contributed by atoms with van der Waals surface area (Å²) < 4.78 is 25.6. The summed E-state index contributed by atoms with van der Waals surface area (Å²) in [4.78, 5) is 15.2. The van der Waals surface area contributed by atoms with Gasteiger partial charge in [-0.3, -0.25) is 9.36 Å². The number of nitrogens with zero attached hydrogens (tertiary/aromatic N) is 2. The normalized spacial score (nSPS) is 13.1. The van der Waals surface area contributed by atoms with Crippen LogP contribution < -0.4 is 11.1 Å². The molecule has 96 valence electrons. The van der Waals surface area contributed by atoms with Gasteiger partial charge in [0.1, 0.15) is 5.82 Å². The van der Waals surface area contributed by atoms with Gasteiger partial charge in [-0.1, -0.05) is 13.8 Å². The second kappa shape index (κ2) is 5.72. The Balaban J connectivity index is 2.56. The second-order valence-electron chi connectivity index (χ2n) is 4.02. The standard InChI is InChI=1S/C10H16F2N4O/c1-6(2)8(13)9(17)15-5-7-14-3-4-16(7)10(11)12/h3-4,6,8,10H,5,13H2,1-2H3,(H,15,17)/t8-/m0/s1. The van der Waals surface area contributed by atoms with E-state index in [1.807, 2.05) is 13.8 Å². The lowest BCUT2D eigenvalue weighted by atomic mass is 10.1. The molecule has 1 aromatic rings. The van der Waals surface area contributed by atoms with E-state index >= 15 is 0 Å². The van der Waals surface area contributed by atoms with Crippen LogP contribution in [0.15, 0.2) is 12.4 Å². The summed E-state index contributed by atoms with van der Waals surface area (Å²) in [5, 5.41) is 2.48. The Morgan fingerprint density at radius 2 is 2.24 bits per heavy atom. The Labute approximate surface area is 98.0 Å². The predicted octanol–water partition coefficient (Wildman–Crippen LogP) is 0.878. The molecule has 0 aliphatic heterocycles. The van der Waals surface area contributed by atoms with E-state index in [1.165, 1.54) is 6.20 Å². The molecule has 1 amide bonds. The van der Waals surface area contributed by atoms with Crippen LogP contribution in [-0.2, 0) is 11.3 Å². The minimum Gasteiger partial charge on any atom is -0.348 e. The van der Waals surface area contributed by atoms with Gasteiger partial charge in [0.15, 0.2) is 0 Å². The van der Waals surface area contributed by atoms with Crippen molar-refractivity contribution in [1.29, 1.82) is 0 Å². The fourth-order valence-electron chi connectivity index (χ4n) is 1.25. The molecule has 0 saturated heterocycles. The average molecular weight is 246 g/mol. The van der Waals surface area contributed by atoms with Crippen LogP contribution >= 0.6 is 0 Å². The van der Waals surface area contributed by atoms with E-state index < -0.39 is 12.6 Å². The van der Waals surface area contributed by atoms with Crippen LogP contribution in [0.3, 0.4) is 0 Å². The lowest BCUT2D eigenvalue weighted by Crippen LogP contribution is -2.43. The van der Waals surface area contributed by atoms with Crippen molar-refractivity contribution in [2.75, 3.05) is 0 Å². The Morgan fingerprint density at radius 3 is 2.76 bits per heavy atom. The summed E-state index contributed by atoms with van der Waals surface area (Å²) in [6.07, 6.45) is 2.42. The van der Waals surface area contributed by atoms with Crippen LogP contribution in [0.1, 0.15) is 26.2 Å². The van der Waals surface area contributed by atoms with Gasteiger partial charge in [-0.15, -0.1) is 0 Å². The summed E-state index contributed by atoms with van der Waals surface area (Å²) in [7, 11) is 0. The highest BCUT2D eigenvalue weighted by atomic mass is 19.3. The van der Waals surface area contributed by atoms with Crippen molar-refractivity contribution in [3.63, 3.8) is 0 Å². The van der Waals surface area contributed by atoms with E-state index in [2.05, 4.69) is 10.3 Å². The number of imidazole rings is 1. The molecule has 1 aromatic heterocycles. The molecule has 17 heavy (non-hydrogen) atoms. The number of halogens is 2. The molecule has 3 N–H and O–H groups in total. The van der Waals surface area contributed by atoms with E-state index in [9.17, 15) is 13.6 Å². The zero-order chi connectivity index (χ0) is 13.0. The van der Waals surface area contributed by atoms with Crippen molar-refractivity contribution in [3.8, 4) is 0 Å².